The van der Waals surface area contributed by atoms with Crippen LogP contribution in [-0.2, 0) is 0 Å². The molecule has 2 heteroatoms. The summed E-state index contributed by atoms with van der Waals surface area (Å²) in [4.78, 5) is 0. The molecule has 3 unspecified atom stereocenters. The second-order valence-corrected chi connectivity index (χ2v) is 7.24. The van der Waals surface area contributed by atoms with Gasteiger partial charge in [0.15, 0.2) is 0 Å². The van der Waals surface area contributed by atoms with Crippen molar-refractivity contribution in [2.45, 2.75) is 77.4 Å². The van der Waals surface area contributed by atoms with Gasteiger partial charge in [-0.2, -0.15) is 0 Å². The highest BCUT2D eigenvalue weighted by Gasteiger charge is 2.35. The topological polar surface area (TPSA) is 0 Å². The van der Waals surface area contributed by atoms with Crippen LogP contribution in [0.5, 0.6) is 0 Å². The van der Waals surface area contributed by atoms with Gasteiger partial charge in [0, 0.05) is 0 Å². The zero-order valence-corrected chi connectivity index (χ0v) is 12.9. The van der Waals surface area contributed by atoms with Crippen LogP contribution in [0.1, 0.15) is 72.1 Å². The average Bonchev–Trinajstić information content (AvgIpc) is 2.59. The molecule has 0 aromatic rings. The lowest BCUT2D eigenvalue weighted by Crippen LogP contribution is -2.23. The molecule has 98 valence electrons. The first kappa shape index (κ1) is 15.2. The molecule has 0 radical (unpaired) electrons. The molecule has 1 saturated carbocycles. The molecule has 0 aromatic heterocycles. The van der Waals surface area contributed by atoms with Crippen LogP contribution in [0.4, 0.5) is 0 Å². The number of rotatable bonds is 7. The fourth-order valence-corrected chi connectivity index (χ4v) is 3.86. The minimum absolute atomic E-state index is 0.575. The minimum Gasteiger partial charge on any atom is -0.0842 e. The normalized spacial score (nSPS) is 29.7. The zero-order chi connectivity index (χ0) is 12.9. The van der Waals surface area contributed by atoms with E-state index in [4.69, 9.17) is 0 Å². The van der Waals surface area contributed by atoms with Gasteiger partial charge < -0.3 is 0 Å². The first-order chi connectivity index (χ1) is 8.00. The lowest BCUT2D eigenvalue weighted by Gasteiger charge is -2.33. The monoisotopic (exact) mass is 234 g/mol. The Labute approximate surface area is 111 Å². The van der Waals surface area contributed by atoms with Gasteiger partial charge in [0.25, 0.3) is 0 Å². The summed E-state index contributed by atoms with van der Waals surface area (Å²) in [6.45, 7) is 7.16. The average molecular weight is 234 g/mol. The predicted octanol–water partition coefficient (Wildman–Crippen LogP) is 3.41. The van der Waals surface area contributed by atoms with E-state index in [0.29, 0.717) is 5.21 Å². The molecule has 0 heterocycles. The highest BCUT2D eigenvalue weighted by molar-refractivity contribution is 6.39. The van der Waals surface area contributed by atoms with Crippen molar-refractivity contribution in [2.24, 2.45) is 17.8 Å². The molecule has 3 atom stereocenters. The minimum atomic E-state index is 0.575. The van der Waals surface area contributed by atoms with Crippen LogP contribution in [0.2, 0.25) is 5.21 Å². The van der Waals surface area contributed by atoms with Crippen molar-refractivity contribution in [2.75, 3.05) is 0 Å². The lowest BCUT2D eigenvalue weighted by atomic mass is 9.48. The Bertz CT molecular complexity index is 211. The van der Waals surface area contributed by atoms with Crippen LogP contribution in [0.15, 0.2) is 0 Å². The molecule has 1 aliphatic carbocycles. The highest BCUT2D eigenvalue weighted by Crippen LogP contribution is 2.47. The molecule has 0 nitrogen and oxygen atoms in total. The second kappa shape index (κ2) is 6.90. The Balaban J connectivity index is 2.51. The maximum absolute atomic E-state index is 2.50. The largest absolute Gasteiger partial charge is 0.0992 e. The third-order valence-electron chi connectivity index (χ3n) is 4.98. The standard InChI is InChI=1S/C15H32B2/c1-4-6-10-15(16,17)11-14-12(3)8-9-13(14)7-5-2/h12-14H,4-11,16-17H2,1-3H3. The van der Waals surface area contributed by atoms with Gasteiger partial charge in [-0.25, -0.2) is 0 Å². The fourth-order valence-electron chi connectivity index (χ4n) is 3.86. The van der Waals surface area contributed by atoms with Gasteiger partial charge in [-0.3, -0.25) is 0 Å². The molecule has 1 fully saturated rings. The molecule has 0 amide bonds. The van der Waals surface area contributed by atoms with Crippen LogP contribution in [0.3, 0.4) is 0 Å². The summed E-state index contributed by atoms with van der Waals surface area (Å²) in [5, 5.41) is 0.575. The van der Waals surface area contributed by atoms with E-state index < -0.39 is 0 Å². The van der Waals surface area contributed by atoms with Crippen molar-refractivity contribution in [3.05, 3.63) is 0 Å². The zero-order valence-electron chi connectivity index (χ0n) is 12.9. The maximum atomic E-state index is 2.50. The maximum Gasteiger partial charge on any atom is 0.0992 e. The Morgan fingerprint density at radius 3 is 2.41 bits per heavy atom. The van der Waals surface area contributed by atoms with Crippen molar-refractivity contribution < 1.29 is 0 Å². The van der Waals surface area contributed by atoms with E-state index in [1.54, 1.807) is 0 Å². The predicted molar refractivity (Wildman–Crippen MR) is 84.2 cm³/mol. The van der Waals surface area contributed by atoms with E-state index in [1.165, 1.54) is 51.4 Å². The van der Waals surface area contributed by atoms with Gasteiger partial charge in [-0.1, -0.05) is 70.9 Å². The Morgan fingerprint density at radius 1 is 1.12 bits per heavy atom. The van der Waals surface area contributed by atoms with Gasteiger partial charge >= 0.3 is 0 Å². The summed E-state index contributed by atoms with van der Waals surface area (Å²) < 4.78 is 0. The highest BCUT2D eigenvalue weighted by atomic mass is 14.4. The SMILES string of the molecule is BC(B)(CCCC)CC1C(C)CCC1CCC. The molecule has 17 heavy (non-hydrogen) atoms. The molecule has 0 N–H and O–H groups in total. The lowest BCUT2D eigenvalue weighted by molar-refractivity contribution is 0.272. The smallest absolute Gasteiger partial charge is 0.0842 e. The summed E-state index contributed by atoms with van der Waals surface area (Å²) in [7, 11) is 4.99. The van der Waals surface area contributed by atoms with E-state index in [1.807, 2.05) is 0 Å². The van der Waals surface area contributed by atoms with Crippen molar-refractivity contribution >= 4 is 15.7 Å². The van der Waals surface area contributed by atoms with Crippen LogP contribution in [-0.4, -0.2) is 15.7 Å². The molecular weight excluding hydrogens is 202 g/mol. The van der Waals surface area contributed by atoms with E-state index in [2.05, 4.69) is 36.5 Å². The molecular formula is C15H32B2. The number of unbranched alkanes of at least 4 members (excludes halogenated alkanes) is 1. The first-order valence-electron chi connectivity index (χ1n) is 8.00. The summed E-state index contributed by atoms with van der Waals surface area (Å²) in [5.74, 6) is 3.03. The van der Waals surface area contributed by atoms with E-state index in [-0.39, 0.29) is 0 Å². The van der Waals surface area contributed by atoms with Crippen LogP contribution >= 0.6 is 0 Å². The molecule has 0 aliphatic heterocycles. The summed E-state index contributed by atoms with van der Waals surface area (Å²) in [6, 6.07) is 0. The van der Waals surface area contributed by atoms with Crippen molar-refractivity contribution in [3.63, 3.8) is 0 Å². The molecule has 1 rings (SSSR count). The van der Waals surface area contributed by atoms with Gasteiger partial charge in [0.1, 0.15) is 0 Å². The number of hydrogen-bond acceptors (Lipinski definition) is 0. The van der Waals surface area contributed by atoms with Gasteiger partial charge in [-0.05, 0) is 24.2 Å². The summed E-state index contributed by atoms with van der Waals surface area (Å²) >= 11 is 0. The Morgan fingerprint density at radius 2 is 1.82 bits per heavy atom. The van der Waals surface area contributed by atoms with Crippen LogP contribution < -0.4 is 0 Å². The molecule has 0 bridgehead atoms. The van der Waals surface area contributed by atoms with E-state index in [0.717, 1.165) is 17.8 Å². The Kier molecular flexibility index (Phi) is 6.17. The molecule has 0 spiro atoms. The quantitative estimate of drug-likeness (QED) is 0.592. The fraction of sp³-hybridized carbons (Fsp3) is 1.00. The first-order valence-corrected chi connectivity index (χ1v) is 8.00. The van der Waals surface area contributed by atoms with E-state index >= 15 is 0 Å². The van der Waals surface area contributed by atoms with Gasteiger partial charge in [0.05, 0.1) is 15.7 Å². The van der Waals surface area contributed by atoms with E-state index in [9.17, 15) is 0 Å². The summed E-state index contributed by atoms with van der Waals surface area (Å²) in [5.41, 5.74) is 0. The van der Waals surface area contributed by atoms with Gasteiger partial charge in [-0.15, -0.1) is 0 Å². The van der Waals surface area contributed by atoms with Crippen LogP contribution in [0.25, 0.3) is 0 Å². The number of hydrogen-bond donors (Lipinski definition) is 0. The van der Waals surface area contributed by atoms with Crippen molar-refractivity contribution in [1.29, 1.82) is 0 Å². The van der Waals surface area contributed by atoms with Crippen LogP contribution in [0, 0.1) is 17.8 Å². The third kappa shape index (κ3) is 4.72. The summed E-state index contributed by atoms with van der Waals surface area (Å²) in [6.07, 6.45) is 11.5. The Hall–Kier alpha value is 0.130. The van der Waals surface area contributed by atoms with Gasteiger partial charge in [0.2, 0.25) is 0 Å². The second-order valence-electron chi connectivity index (χ2n) is 7.24. The third-order valence-corrected chi connectivity index (χ3v) is 4.98. The van der Waals surface area contributed by atoms with Crippen molar-refractivity contribution in [3.8, 4) is 0 Å². The molecule has 0 aromatic carbocycles. The molecule has 1 aliphatic rings. The van der Waals surface area contributed by atoms with Crippen molar-refractivity contribution in [1.82, 2.24) is 0 Å². The molecule has 0 saturated heterocycles.